The minimum Gasteiger partial charge on any atom is -0.365 e. The van der Waals surface area contributed by atoms with Gasteiger partial charge in [0.25, 0.3) is 5.91 Å². The van der Waals surface area contributed by atoms with Crippen molar-refractivity contribution in [2.75, 3.05) is 16.8 Å². The van der Waals surface area contributed by atoms with Gasteiger partial charge in [-0.1, -0.05) is 6.07 Å². The Kier molecular flexibility index (Phi) is 9.48. The summed E-state index contributed by atoms with van der Waals surface area (Å²) in [4.78, 5) is 19.0. The van der Waals surface area contributed by atoms with Gasteiger partial charge in [-0.05, 0) is 50.1 Å². The number of aromatic nitrogens is 1. The highest BCUT2D eigenvalue weighted by Crippen LogP contribution is 2.34. The molecule has 3 aromatic rings. The van der Waals surface area contributed by atoms with Crippen molar-refractivity contribution in [3.63, 3.8) is 0 Å². The van der Waals surface area contributed by atoms with Gasteiger partial charge in [0, 0.05) is 24.8 Å². The summed E-state index contributed by atoms with van der Waals surface area (Å²) in [6.07, 6.45) is 4.72. The summed E-state index contributed by atoms with van der Waals surface area (Å²) in [5, 5.41) is 2.59. The maximum absolute atomic E-state index is 15.2. The van der Waals surface area contributed by atoms with Crippen LogP contribution in [-0.4, -0.2) is 29.5 Å². The van der Waals surface area contributed by atoms with Crippen molar-refractivity contribution in [2.45, 2.75) is 31.8 Å². The smallest absolute Gasteiger partial charge is 0.258 e. The Labute approximate surface area is 212 Å². The summed E-state index contributed by atoms with van der Waals surface area (Å²) in [6.45, 7) is 2.69. The second kappa shape index (κ2) is 11.7. The number of carbonyl (C=O) groups is 1. The van der Waals surface area contributed by atoms with Crippen molar-refractivity contribution in [2.24, 2.45) is 5.73 Å². The summed E-state index contributed by atoms with van der Waals surface area (Å²) < 4.78 is 58.1. The Morgan fingerprint density at radius 2 is 1.69 bits per heavy atom. The quantitative estimate of drug-likeness (QED) is 0.423. The van der Waals surface area contributed by atoms with Crippen LogP contribution < -0.4 is 16.0 Å². The molecule has 1 aliphatic heterocycles. The van der Waals surface area contributed by atoms with Crippen molar-refractivity contribution in [3.8, 4) is 11.1 Å². The van der Waals surface area contributed by atoms with Gasteiger partial charge in [0.05, 0.1) is 34.3 Å². The van der Waals surface area contributed by atoms with E-state index in [9.17, 15) is 18.0 Å². The lowest BCUT2D eigenvalue weighted by Crippen LogP contribution is -2.50. The van der Waals surface area contributed by atoms with Gasteiger partial charge in [-0.25, -0.2) is 17.6 Å². The van der Waals surface area contributed by atoms with E-state index in [4.69, 9.17) is 5.73 Å². The molecule has 2 heterocycles. The number of hydrogen-bond acceptors (Lipinski definition) is 4. The minimum atomic E-state index is -1.37. The molecule has 2 atom stereocenters. The van der Waals surface area contributed by atoms with Gasteiger partial charge >= 0.3 is 0 Å². The van der Waals surface area contributed by atoms with Gasteiger partial charge in [-0.15, -0.1) is 24.8 Å². The van der Waals surface area contributed by atoms with Crippen LogP contribution in [0.4, 0.5) is 28.9 Å². The zero-order valence-corrected chi connectivity index (χ0v) is 20.2. The van der Waals surface area contributed by atoms with E-state index >= 15 is 4.39 Å². The molecule has 4 rings (SSSR count). The molecule has 1 aliphatic rings. The van der Waals surface area contributed by atoms with Crippen LogP contribution in [-0.2, 0) is 0 Å². The Morgan fingerprint density at radius 3 is 2.37 bits per heavy atom. The first-order valence-corrected chi connectivity index (χ1v) is 10.5. The first-order valence-electron chi connectivity index (χ1n) is 10.5. The maximum atomic E-state index is 15.2. The van der Waals surface area contributed by atoms with E-state index in [0.717, 1.165) is 43.2 Å². The van der Waals surface area contributed by atoms with Gasteiger partial charge in [0.2, 0.25) is 0 Å². The van der Waals surface area contributed by atoms with Gasteiger partial charge in [-0.3, -0.25) is 9.78 Å². The molecule has 11 heteroatoms. The predicted molar refractivity (Wildman–Crippen MR) is 132 cm³/mol. The highest BCUT2D eigenvalue weighted by Gasteiger charge is 2.28. The third kappa shape index (κ3) is 5.52. The molecule has 0 saturated carbocycles. The number of nitrogens with two attached hydrogens (primary N) is 1. The second-order valence-corrected chi connectivity index (χ2v) is 7.97. The topological polar surface area (TPSA) is 71.2 Å². The SMILES string of the molecule is C[C@H]1[C@@H](N)CCCN1c1ccncc1NC(=O)c1ccc(F)c(-c2c(F)cccc2F)c1F.Cl.Cl. The second-order valence-electron chi connectivity index (χ2n) is 7.97. The molecular weight excluding hydrogens is 507 g/mol. The molecule has 3 N–H and O–H groups in total. The van der Waals surface area contributed by atoms with Crippen molar-refractivity contribution in [3.05, 3.63) is 77.6 Å². The molecule has 2 aromatic carbocycles. The number of nitrogens with zero attached hydrogens (tertiary/aromatic N) is 2. The molecule has 0 unspecified atom stereocenters. The number of amides is 1. The average Bonchev–Trinajstić information content (AvgIpc) is 2.78. The summed E-state index contributed by atoms with van der Waals surface area (Å²) in [6, 6.07) is 6.24. The lowest BCUT2D eigenvalue weighted by atomic mass is 9.97. The fourth-order valence-electron chi connectivity index (χ4n) is 4.13. The number of nitrogens with one attached hydrogen (secondary N) is 1. The van der Waals surface area contributed by atoms with Crippen LogP contribution in [0.1, 0.15) is 30.1 Å². The zero-order chi connectivity index (χ0) is 23.7. The third-order valence-corrected chi connectivity index (χ3v) is 5.95. The minimum absolute atomic E-state index is 0. The molecule has 0 aliphatic carbocycles. The van der Waals surface area contributed by atoms with Crippen LogP contribution >= 0.6 is 24.8 Å². The summed E-state index contributed by atoms with van der Waals surface area (Å²) in [5.74, 6) is -5.75. The average molecular weight is 531 g/mol. The zero-order valence-electron chi connectivity index (χ0n) is 18.6. The van der Waals surface area contributed by atoms with E-state index in [1.54, 1.807) is 12.3 Å². The molecule has 0 spiro atoms. The molecule has 1 aromatic heterocycles. The van der Waals surface area contributed by atoms with E-state index < -0.39 is 45.9 Å². The van der Waals surface area contributed by atoms with E-state index in [0.29, 0.717) is 17.9 Å². The van der Waals surface area contributed by atoms with Crippen LogP contribution in [0.2, 0.25) is 0 Å². The number of hydrogen-bond donors (Lipinski definition) is 2. The normalized spacial score (nSPS) is 17.3. The first-order chi connectivity index (χ1) is 15.8. The van der Waals surface area contributed by atoms with Gasteiger partial charge in [0.15, 0.2) is 0 Å². The van der Waals surface area contributed by atoms with Gasteiger partial charge in [0.1, 0.15) is 23.3 Å². The van der Waals surface area contributed by atoms with Crippen LogP contribution in [0.15, 0.2) is 48.8 Å². The molecule has 188 valence electrons. The van der Waals surface area contributed by atoms with Crippen LogP contribution in [0.3, 0.4) is 0 Å². The predicted octanol–water partition coefficient (Wildman–Crippen LogP) is 5.72. The standard InChI is InChI=1S/C24H22F4N4O.2ClH/c1-13-18(29)6-3-11-32(13)20-9-10-30-12-19(20)31-24(33)14-7-8-17(27)22(23(14)28)21-15(25)4-2-5-16(21)26;;/h2,4-5,7-10,12-13,18H,3,6,11,29H2,1H3,(H,31,33);2*1H/t13-,18-;;/m0../s1. The Bertz CT molecular complexity index is 1190. The Hall–Kier alpha value is -2.88. The maximum Gasteiger partial charge on any atom is 0.258 e. The van der Waals surface area contributed by atoms with E-state index in [2.05, 4.69) is 10.3 Å². The number of anilines is 2. The molecule has 0 radical (unpaired) electrons. The van der Waals surface area contributed by atoms with E-state index in [1.165, 1.54) is 6.20 Å². The summed E-state index contributed by atoms with van der Waals surface area (Å²) in [5.41, 5.74) is 4.77. The van der Waals surface area contributed by atoms with Crippen LogP contribution in [0.25, 0.3) is 11.1 Å². The number of halogens is 6. The fraction of sp³-hybridized carbons (Fsp3) is 0.250. The first kappa shape index (κ1) is 28.4. The van der Waals surface area contributed by atoms with Crippen molar-refractivity contribution in [1.29, 1.82) is 0 Å². The van der Waals surface area contributed by atoms with Crippen molar-refractivity contribution in [1.82, 2.24) is 4.98 Å². The third-order valence-electron chi connectivity index (χ3n) is 5.95. The number of benzene rings is 2. The molecule has 5 nitrogen and oxygen atoms in total. The van der Waals surface area contributed by atoms with Crippen LogP contribution in [0, 0.1) is 23.3 Å². The van der Waals surface area contributed by atoms with Crippen LogP contribution in [0.5, 0.6) is 0 Å². The number of rotatable bonds is 4. The Balaban J connectivity index is 0.00000216. The number of carbonyl (C=O) groups excluding carboxylic acids is 1. The van der Waals surface area contributed by atoms with Gasteiger partial charge in [-0.2, -0.15) is 0 Å². The molecule has 1 saturated heterocycles. The summed E-state index contributed by atoms with van der Waals surface area (Å²) in [7, 11) is 0. The lowest BCUT2D eigenvalue weighted by Gasteiger charge is -2.40. The fourth-order valence-corrected chi connectivity index (χ4v) is 4.13. The van der Waals surface area contributed by atoms with Gasteiger partial charge < -0.3 is 16.0 Å². The molecule has 1 fully saturated rings. The van der Waals surface area contributed by atoms with E-state index in [-0.39, 0.29) is 36.9 Å². The summed E-state index contributed by atoms with van der Waals surface area (Å²) >= 11 is 0. The van der Waals surface area contributed by atoms with E-state index in [1.807, 2.05) is 11.8 Å². The highest BCUT2D eigenvalue weighted by atomic mass is 35.5. The highest BCUT2D eigenvalue weighted by molar-refractivity contribution is 6.06. The largest absolute Gasteiger partial charge is 0.365 e. The number of pyridine rings is 1. The molecule has 1 amide bonds. The van der Waals surface area contributed by atoms with Crippen molar-refractivity contribution >= 4 is 42.1 Å². The molecular formula is C24H24Cl2F4N4O. The van der Waals surface area contributed by atoms with Crippen molar-refractivity contribution < 1.29 is 22.4 Å². The molecule has 35 heavy (non-hydrogen) atoms. The monoisotopic (exact) mass is 530 g/mol. The Morgan fingerprint density at radius 1 is 1.03 bits per heavy atom. The number of piperidine rings is 1. The molecule has 0 bridgehead atoms. The lowest BCUT2D eigenvalue weighted by molar-refractivity contribution is 0.102.